The van der Waals surface area contributed by atoms with E-state index in [4.69, 9.17) is 10.5 Å². The summed E-state index contributed by atoms with van der Waals surface area (Å²) in [5.74, 6) is 0.509. The lowest BCUT2D eigenvalue weighted by Gasteiger charge is -2.22. The summed E-state index contributed by atoms with van der Waals surface area (Å²) in [6, 6.07) is 10.2. The SMILES string of the molecule is COC(C)(C)Cc1ccc(-c2cc(N)n[nH]2)cc1. The molecule has 0 aliphatic heterocycles. The summed E-state index contributed by atoms with van der Waals surface area (Å²) >= 11 is 0. The third kappa shape index (κ3) is 2.90. The molecule has 1 heterocycles. The van der Waals surface area contributed by atoms with Crippen LogP contribution in [-0.4, -0.2) is 22.9 Å². The smallest absolute Gasteiger partial charge is 0.145 e. The van der Waals surface area contributed by atoms with Gasteiger partial charge in [0.15, 0.2) is 0 Å². The number of rotatable bonds is 4. The zero-order valence-electron chi connectivity index (χ0n) is 11.0. The molecule has 0 bridgehead atoms. The van der Waals surface area contributed by atoms with Gasteiger partial charge in [-0.1, -0.05) is 24.3 Å². The molecular formula is C14H19N3O. The van der Waals surface area contributed by atoms with Crippen molar-refractivity contribution in [1.29, 1.82) is 0 Å². The zero-order valence-corrected chi connectivity index (χ0v) is 11.0. The van der Waals surface area contributed by atoms with E-state index >= 15 is 0 Å². The number of nitrogen functional groups attached to an aromatic ring is 1. The minimum Gasteiger partial charge on any atom is -0.382 e. The molecule has 0 fully saturated rings. The minimum absolute atomic E-state index is 0.139. The first-order valence-corrected chi connectivity index (χ1v) is 5.95. The van der Waals surface area contributed by atoms with E-state index in [-0.39, 0.29) is 5.60 Å². The first-order valence-electron chi connectivity index (χ1n) is 5.95. The fraction of sp³-hybridized carbons (Fsp3) is 0.357. The van der Waals surface area contributed by atoms with E-state index in [1.165, 1.54) is 5.56 Å². The van der Waals surface area contributed by atoms with Gasteiger partial charge in [0.1, 0.15) is 5.82 Å². The Morgan fingerprint density at radius 2 is 1.94 bits per heavy atom. The van der Waals surface area contributed by atoms with Crippen LogP contribution >= 0.6 is 0 Å². The molecule has 4 nitrogen and oxygen atoms in total. The summed E-state index contributed by atoms with van der Waals surface area (Å²) in [6.07, 6.45) is 0.884. The number of anilines is 1. The maximum atomic E-state index is 5.59. The number of aromatic nitrogens is 2. The van der Waals surface area contributed by atoms with E-state index in [9.17, 15) is 0 Å². The lowest BCUT2D eigenvalue weighted by molar-refractivity contribution is 0.0232. The molecule has 0 saturated heterocycles. The molecular weight excluding hydrogens is 226 g/mol. The molecule has 2 aromatic rings. The van der Waals surface area contributed by atoms with E-state index in [0.717, 1.165) is 17.7 Å². The van der Waals surface area contributed by atoms with Crippen LogP contribution < -0.4 is 5.73 Å². The highest BCUT2D eigenvalue weighted by Gasteiger charge is 2.16. The quantitative estimate of drug-likeness (QED) is 0.870. The van der Waals surface area contributed by atoms with E-state index in [1.807, 2.05) is 6.07 Å². The van der Waals surface area contributed by atoms with Crippen molar-refractivity contribution in [2.45, 2.75) is 25.9 Å². The molecule has 0 aliphatic rings. The third-order valence-corrected chi connectivity index (χ3v) is 3.05. The van der Waals surface area contributed by atoms with Gasteiger partial charge in [0.2, 0.25) is 0 Å². The number of nitrogens with zero attached hydrogens (tertiary/aromatic N) is 1. The number of ether oxygens (including phenoxy) is 1. The molecule has 3 N–H and O–H groups in total. The zero-order chi connectivity index (χ0) is 13.2. The van der Waals surface area contributed by atoms with Gasteiger partial charge in [-0.2, -0.15) is 5.10 Å². The summed E-state index contributed by atoms with van der Waals surface area (Å²) in [6.45, 7) is 4.16. The van der Waals surface area contributed by atoms with Crippen LogP contribution in [0.1, 0.15) is 19.4 Å². The van der Waals surface area contributed by atoms with Crippen LogP contribution in [0.15, 0.2) is 30.3 Å². The van der Waals surface area contributed by atoms with Gasteiger partial charge in [0.25, 0.3) is 0 Å². The van der Waals surface area contributed by atoms with Gasteiger partial charge in [0.05, 0.1) is 11.3 Å². The molecule has 4 heteroatoms. The van der Waals surface area contributed by atoms with Crippen LogP contribution in [-0.2, 0) is 11.2 Å². The second kappa shape index (κ2) is 4.82. The second-order valence-electron chi connectivity index (χ2n) is 5.04. The van der Waals surface area contributed by atoms with Gasteiger partial charge in [0, 0.05) is 19.6 Å². The maximum absolute atomic E-state index is 5.59. The lowest BCUT2D eigenvalue weighted by atomic mass is 9.97. The molecule has 0 amide bonds. The van der Waals surface area contributed by atoms with Gasteiger partial charge in [-0.3, -0.25) is 5.10 Å². The molecule has 1 aromatic carbocycles. The monoisotopic (exact) mass is 245 g/mol. The largest absolute Gasteiger partial charge is 0.382 e. The van der Waals surface area contributed by atoms with E-state index < -0.39 is 0 Å². The molecule has 0 saturated carbocycles. The molecule has 96 valence electrons. The minimum atomic E-state index is -0.139. The van der Waals surface area contributed by atoms with Gasteiger partial charge < -0.3 is 10.5 Å². The average molecular weight is 245 g/mol. The normalized spacial score (nSPS) is 11.7. The van der Waals surface area contributed by atoms with E-state index in [1.54, 1.807) is 7.11 Å². The molecule has 0 aliphatic carbocycles. The molecule has 0 atom stereocenters. The van der Waals surface area contributed by atoms with Crippen LogP contribution in [0.4, 0.5) is 5.82 Å². The van der Waals surface area contributed by atoms with Gasteiger partial charge in [-0.05, 0) is 25.0 Å². The predicted octanol–water partition coefficient (Wildman–Crippen LogP) is 2.63. The highest BCUT2D eigenvalue weighted by atomic mass is 16.5. The standard InChI is InChI=1S/C14H19N3O/c1-14(2,18-3)9-10-4-6-11(7-5-10)12-8-13(15)17-16-12/h4-8H,9H2,1-3H3,(H3,15,16,17). The van der Waals surface area contributed by atoms with Gasteiger partial charge >= 0.3 is 0 Å². The Kier molecular flexibility index (Phi) is 3.39. The van der Waals surface area contributed by atoms with Crippen LogP contribution in [0.3, 0.4) is 0 Å². The van der Waals surface area contributed by atoms with Crippen LogP contribution in [0.2, 0.25) is 0 Å². The highest BCUT2D eigenvalue weighted by Crippen LogP contribution is 2.21. The van der Waals surface area contributed by atoms with Crippen molar-refractivity contribution in [3.8, 4) is 11.3 Å². The number of hydrogen-bond acceptors (Lipinski definition) is 3. The summed E-state index contributed by atoms with van der Waals surface area (Å²) in [5.41, 5.74) is 8.71. The first-order chi connectivity index (χ1) is 8.50. The van der Waals surface area contributed by atoms with Crippen molar-refractivity contribution >= 4 is 5.82 Å². The van der Waals surface area contributed by atoms with E-state index in [2.05, 4.69) is 48.3 Å². The molecule has 0 radical (unpaired) electrons. The predicted molar refractivity (Wildman–Crippen MR) is 73.2 cm³/mol. The van der Waals surface area contributed by atoms with Crippen molar-refractivity contribution in [2.75, 3.05) is 12.8 Å². The van der Waals surface area contributed by atoms with Crippen molar-refractivity contribution in [3.63, 3.8) is 0 Å². The summed E-state index contributed by atoms with van der Waals surface area (Å²) in [5, 5.41) is 6.82. The number of aromatic amines is 1. The summed E-state index contributed by atoms with van der Waals surface area (Å²) in [7, 11) is 1.74. The number of nitrogens with one attached hydrogen (secondary N) is 1. The van der Waals surface area contributed by atoms with Gasteiger partial charge in [-0.25, -0.2) is 0 Å². The van der Waals surface area contributed by atoms with Crippen LogP contribution in [0.25, 0.3) is 11.3 Å². The lowest BCUT2D eigenvalue weighted by Crippen LogP contribution is -2.25. The topological polar surface area (TPSA) is 63.9 Å². The first kappa shape index (κ1) is 12.6. The molecule has 1 aromatic heterocycles. The third-order valence-electron chi connectivity index (χ3n) is 3.05. The summed E-state index contributed by atoms with van der Waals surface area (Å²) < 4.78 is 5.43. The fourth-order valence-corrected chi connectivity index (χ4v) is 1.85. The highest BCUT2D eigenvalue weighted by molar-refractivity contribution is 5.62. The van der Waals surface area contributed by atoms with Crippen LogP contribution in [0.5, 0.6) is 0 Å². The second-order valence-corrected chi connectivity index (χ2v) is 5.04. The number of benzene rings is 1. The average Bonchev–Trinajstić information content (AvgIpc) is 2.76. The molecule has 2 rings (SSSR count). The Morgan fingerprint density at radius 3 is 2.44 bits per heavy atom. The Bertz CT molecular complexity index is 514. The number of hydrogen-bond donors (Lipinski definition) is 2. The van der Waals surface area contributed by atoms with Crippen molar-refractivity contribution < 1.29 is 4.74 Å². The molecule has 18 heavy (non-hydrogen) atoms. The van der Waals surface area contributed by atoms with E-state index in [0.29, 0.717) is 5.82 Å². The summed E-state index contributed by atoms with van der Waals surface area (Å²) in [4.78, 5) is 0. The van der Waals surface area contributed by atoms with Crippen LogP contribution in [0, 0.1) is 0 Å². The van der Waals surface area contributed by atoms with Crippen molar-refractivity contribution in [3.05, 3.63) is 35.9 Å². The Balaban J connectivity index is 2.15. The number of H-pyrrole nitrogens is 1. The molecule has 0 spiro atoms. The van der Waals surface area contributed by atoms with Crippen molar-refractivity contribution in [1.82, 2.24) is 10.2 Å². The molecule has 0 unspecified atom stereocenters. The maximum Gasteiger partial charge on any atom is 0.145 e. The van der Waals surface area contributed by atoms with Gasteiger partial charge in [-0.15, -0.1) is 0 Å². The Hall–Kier alpha value is -1.81. The fourth-order valence-electron chi connectivity index (χ4n) is 1.85. The Labute approximate surface area is 107 Å². The number of methoxy groups -OCH3 is 1. The Morgan fingerprint density at radius 1 is 1.28 bits per heavy atom. The van der Waals surface area contributed by atoms with Crippen molar-refractivity contribution in [2.24, 2.45) is 0 Å². The number of nitrogens with two attached hydrogens (primary N) is 1.